The molecular formula is C11H23NO. The van der Waals surface area contributed by atoms with Crippen molar-refractivity contribution in [2.75, 3.05) is 19.7 Å². The molecule has 0 saturated carbocycles. The summed E-state index contributed by atoms with van der Waals surface area (Å²) in [5, 5.41) is 9.31. The average Bonchev–Trinajstić information content (AvgIpc) is 2.65. The zero-order valence-electron chi connectivity index (χ0n) is 9.05. The molecule has 1 N–H and O–H groups in total. The summed E-state index contributed by atoms with van der Waals surface area (Å²) in [7, 11) is 0. The highest BCUT2D eigenvalue weighted by molar-refractivity contribution is 4.97. The van der Waals surface area contributed by atoms with E-state index in [4.69, 9.17) is 0 Å². The van der Waals surface area contributed by atoms with Gasteiger partial charge in [-0.2, -0.15) is 0 Å². The van der Waals surface area contributed by atoms with Crippen LogP contribution in [0.1, 0.15) is 46.0 Å². The monoisotopic (exact) mass is 185 g/mol. The Labute approximate surface area is 81.9 Å². The second-order valence-corrected chi connectivity index (χ2v) is 3.93. The number of aliphatic hydroxyl groups excluding tert-OH is 1. The Morgan fingerprint density at radius 2 is 1.69 bits per heavy atom. The van der Waals surface area contributed by atoms with Crippen LogP contribution in [-0.2, 0) is 0 Å². The van der Waals surface area contributed by atoms with Crippen molar-refractivity contribution >= 4 is 0 Å². The predicted octanol–water partition coefficient (Wildman–Crippen LogP) is 2.02. The molecule has 0 aliphatic carbocycles. The molecule has 2 rings (SSSR count). The maximum Gasteiger partial charge on any atom is 0.0615 e. The Hall–Kier alpha value is -0.0800. The van der Waals surface area contributed by atoms with Crippen LogP contribution >= 0.6 is 0 Å². The molecule has 0 aromatic heterocycles. The normalized spacial score (nSPS) is 33.5. The number of rotatable bonds is 1. The molecule has 2 heteroatoms. The second-order valence-electron chi connectivity index (χ2n) is 3.93. The van der Waals surface area contributed by atoms with Crippen LogP contribution in [-0.4, -0.2) is 35.2 Å². The summed E-state index contributed by atoms with van der Waals surface area (Å²) in [5.41, 5.74) is 0.220. The fraction of sp³-hybridized carbons (Fsp3) is 1.00. The van der Waals surface area contributed by atoms with Gasteiger partial charge in [-0.15, -0.1) is 0 Å². The Kier molecular flexibility index (Phi) is 4.20. The Bertz CT molecular complexity index is 149. The standard InChI is InChI=1S/C9H17NO.C2H6/c11-8-9-4-1-2-6-10(9)7-3-5-9;1-2/h11H,1-8H2;1-2H3. The van der Waals surface area contributed by atoms with E-state index in [0.717, 1.165) is 0 Å². The highest BCUT2D eigenvalue weighted by Gasteiger charge is 2.41. The predicted molar refractivity (Wildman–Crippen MR) is 55.8 cm³/mol. The van der Waals surface area contributed by atoms with Crippen molar-refractivity contribution in [3.05, 3.63) is 0 Å². The lowest BCUT2D eigenvalue weighted by Gasteiger charge is -2.41. The van der Waals surface area contributed by atoms with Crippen LogP contribution in [0.25, 0.3) is 0 Å². The first-order valence-electron chi connectivity index (χ1n) is 5.73. The van der Waals surface area contributed by atoms with Gasteiger partial charge in [0.25, 0.3) is 0 Å². The number of nitrogens with zero attached hydrogens (tertiary/aromatic N) is 1. The SMILES string of the molecule is CC.OCC12CCCCN1CCC2. The fourth-order valence-electron chi connectivity index (χ4n) is 2.64. The zero-order valence-corrected chi connectivity index (χ0v) is 9.05. The number of fused-ring (bicyclic) bond motifs is 1. The molecule has 0 aromatic carbocycles. The van der Waals surface area contributed by atoms with E-state index in [9.17, 15) is 5.11 Å². The third-order valence-electron chi connectivity index (χ3n) is 3.36. The summed E-state index contributed by atoms with van der Waals surface area (Å²) >= 11 is 0. The van der Waals surface area contributed by atoms with Crippen molar-refractivity contribution in [2.45, 2.75) is 51.5 Å². The van der Waals surface area contributed by atoms with Gasteiger partial charge in [-0.1, -0.05) is 20.3 Å². The molecule has 0 aromatic rings. The van der Waals surface area contributed by atoms with Crippen molar-refractivity contribution in [1.82, 2.24) is 4.90 Å². The van der Waals surface area contributed by atoms with Crippen LogP contribution in [0.5, 0.6) is 0 Å². The van der Waals surface area contributed by atoms with Gasteiger partial charge in [0, 0.05) is 5.54 Å². The topological polar surface area (TPSA) is 23.5 Å². The average molecular weight is 185 g/mol. The molecular weight excluding hydrogens is 162 g/mol. The minimum Gasteiger partial charge on any atom is -0.394 e. The minimum atomic E-state index is 0.220. The lowest BCUT2D eigenvalue weighted by atomic mass is 9.87. The molecule has 2 aliphatic rings. The van der Waals surface area contributed by atoms with Gasteiger partial charge in [0.15, 0.2) is 0 Å². The van der Waals surface area contributed by atoms with Crippen LogP contribution in [0.15, 0.2) is 0 Å². The molecule has 2 fully saturated rings. The van der Waals surface area contributed by atoms with E-state index < -0.39 is 0 Å². The maximum absolute atomic E-state index is 9.31. The lowest BCUT2D eigenvalue weighted by molar-refractivity contribution is 0.0325. The van der Waals surface area contributed by atoms with Crippen LogP contribution in [0.3, 0.4) is 0 Å². The number of hydrogen-bond donors (Lipinski definition) is 1. The quantitative estimate of drug-likeness (QED) is 0.675. The third kappa shape index (κ3) is 2.05. The van der Waals surface area contributed by atoms with Crippen molar-refractivity contribution in [1.29, 1.82) is 0 Å². The summed E-state index contributed by atoms with van der Waals surface area (Å²) < 4.78 is 0. The van der Waals surface area contributed by atoms with Gasteiger partial charge in [-0.05, 0) is 38.8 Å². The summed E-state index contributed by atoms with van der Waals surface area (Å²) in [5.74, 6) is 0. The smallest absolute Gasteiger partial charge is 0.0615 e. The van der Waals surface area contributed by atoms with E-state index >= 15 is 0 Å². The molecule has 0 radical (unpaired) electrons. The summed E-state index contributed by atoms with van der Waals surface area (Å²) in [6.07, 6.45) is 6.40. The lowest BCUT2D eigenvalue weighted by Crippen LogP contribution is -2.49. The second kappa shape index (κ2) is 4.97. The molecule has 0 spiro atoms. The largest absolute Gasteiger partial charge is 0.394 e. The maximum atomic E-state index is 9.31. The molecule has 2 aliphatic heterocycles. The van der Waals surface area contributed by atoms with Gasteiger partial charge in [0.2, 0.25) is 0 Å². The van der Waals surface area contributed by atoms with E-state index in [2.05, 4.69) is 4.90 Å². The number of aliphatic hydroxyl groups is 1. The zero-order chi connectivity index (χ0) is 9.73. The van der Waals surface area contributed by atoms with Crippen molar-refractivity contribution in [3.8, 4) is 0 Å². The molecule has 1 unspecified atom stereocenters. The molecule has 2 heterocycles. The van der Waals surface area contributed by atoms with Gasteiger partial charge in [0.05, 0.1) is 6.61 Å². The third-order valence-corrected chi connectivity index (χ3v) is 3.36. The highest BCUT2D eigenvalue weighted by Crippen LogP contribution is 2.36. The van der Waals surface area contributed by atoms with Crippen molar-refractivity contribution in [2.24, 2.45) is 0 Å². The number of piperidine rings is 1. The molecule has 13 heavy (non-hydrogen) atoms. The van der Waals surface area contributed by atoms with Gasteiger partial charge in [-0.25, -0.2) is 0 Å². The van der Waals surface area contributed by atoms with E-state index in [1.807, 2.05) is 13.8 Å². The van der Waals surface area contributed by atoms with E-state index in [0.29, 0.717) is 6.61 Å². The van der Waals surface area contributed by atoms with E-state index in [1.54, 1.807) is 0 Å². The van der Waals surface area contributed by atoms with Gasteiger partial charge in [-0.3, -0.25) is 4.90 Å². The van der Waals surface area contributed by atoms with E-state index in [1.165, 1.54) is 45.2 Å². The van der Waals surface area contributed by atoms with Crippen LogP contribution in [0.2, 0.25) is 0 Å². The fourth-order valence-corrected chi connectivity index (χ4v) is 2.64. The molecule has 78 valence electrons. The first kappa shape index (κ1) is 11.0. The first-order valence-corrected chi connectivity index (χ1v) is 5.73. The minimum absolute atomic E-state index is 0.220. The first-order chi connectivity index (χ1) is 6.37. The molecule has 0 amide bonds. The summed E-state index contributed by atoms with van der Waals surface area (Å²) in [6, 6.07) is 0. The van der Waals surface area contributed by atoms with Gasteiger partial charge in [0.1, 0.15) is 0 Å². The molecule has 2 nitrogen and oxygen atoms in total. The van der Waals surface area contributed by atoms with Crippen molar-refractivity contribution < 1.29 is 5.11 Å². The Morgan fingerprint density at radius 1 is 1.08 bits per heavy atom. The number of hydrogen-bond acceptors (Lipinski definition) is 2. The van der Waals surface area contributed by atoms with Crippen LogP contribution < -0.4 is 0 Å². The van der Waals surface area contributed by atoms with Crippen molar-refractivity contribution in [3.63, 3.8) is 0 Å². The van der Waals surface area contributed by atoms with Crippen LogP contribution in [0, 0.1) is 0 Å². The summed E-state index contributed by atoms with van der Waals surface area (Å²) in [6.45, 7) is 6.83. The highest BCUT2D eigenvalue weighted by atomic mass is 16.3. The Morgan fingerprint density at radius 3 is 2.31 bits per heavy atom. The van der Waals surface area contributed by atoms with Gasteiger partial charge < -0.3 is 5.11 Å². The van der Waals surface area contributed by atoms with Crippen LogP contribution in [0.4, 0.5) is 0 Å². The Balaban J connectivity index is 0.000000396. The molecule has 1 atom stereocenters. The molecule has 2 saturated heterocycles. The van der Waals surface area contributed by atoms with Gasteiger partial charge >= 0.3 is 0 Å². The summed E-state index contributed by atoms with van der Waals surface area (Å²) in [4.78, 5) is 2.50. The molecule has 0 bridgehead atoms. The van der Waals surface area contributed by atoms with E-state index in [-0.39, 0.29) is 5.54 Å².